The second-order valence-electron chi connectivity index (χ2n) is 9.27. The van der Waals surface area contributed by atoms with Crippen LogP contribution in [-0.2, 0) is 6.61 Å². The number of nitrogens with zero attached hydrogens (tertiary/aromatic N) is 2. The number of halogens is 2. The average Bonchev–Trinajstić information content (AvgIpc) is 3.30. The van der Waals surface area contributed by atoms with Crippen LogP contribution in [0.1, 0.15) is 47.1 Å². The Morgan fingerprint density at radius 3 is 2.34 bits per heavy atom. The standard InChI is InChI=1S/C30H24Cl2N2O4/c1-16(2)29-23(28(34-38-29)27-24(31)5-4-6-25(27)32)15-37-21-10-7-18(8-11-21)19-9-12-26-20(13-19)14-22(30(35)36)17(3)33-26/h4-14,16H,15H2,1-3H3,(H,35,36). The summed E-state index contributed by atoms with van der Waals surface area (Å²) in [5.74, 6) is 0.490. The van der Waals surface area contributed by atoms with E-state index in [1.807, 2.05) is 56.3 Å². The van der Waals surface area contributed by atoms with Crippen molar-refractivity contribution in [3.05, 3.63) is 99.4 Å². The first-order chi connectivity index (χ1) is 18.2. The van der Waals surface area contributed by atoms with Crippen LogP contribution < -0.4 is 4.74 Å². The molecule has 0 spiro atoms. The SMILES string of the molecule is Cc1nc2ccc(-c3ccc(OCc4c(-c5c(Cl)cccc5Cl)noc4C(C)C)cc3)cc2cc1C(=O)O. The smallest absolute Gasteiger partial charge is 0.337 e. The van der Waals surface area contributed by atoms with Crippen molar-refractivity contribution >= 4 is 40.1 Å². The number of pyridine rings is 1. The summed E-state index contributed by atoms with van der Waals surface area (Å²) in [7, 11) is 0. The van der Waals surface area contributed by atoms with Gasteiger partial charge >= 0.3 is 5.97 Å². The van der Waals surface area contributed by atoms with Gasteiger partial charge in [-0.15, -0.1) is 0 Å². The monoisotopic (exact) mass is 546 g/mol. The normalized spacial score (nSPS) is 11.3. The molecule has 5 rings (SSSR count). The molecule has 0 amide bonds. The van der Waals surface area contributed by atoms with E-state index in [0.717, 1.165) is 27.6 Å². The number of hydrogen-bond donors (Lipinski definition) is 1. The predicted octanol–water partition coefficient (Wildman–Crippen LogP) is 8.57. The van der Waals surface area contributed by atoms with Crippen LogP contribution in [0.2, 0.25) is 10.0 Å². The second kappa shape index (κ2) is 10.5. The van der Waals surface area contributed by atoms with Crippen molar-refractivity contribution in [3.63, 3.8) is 0 Å². The van der Waals surface area contributed by atoms with Gasteiger partial charge in [-0.25, -0.2) is 4.79 Å². The molecule has 0 atom stereocenters. The molecule has 1 N–H and O–H groups in total. The van der Waals surface area contributed by atoms with Gasteiger partial charge in [0.15, 0.2) is 0 Å². The van der Waals surface area contributed by atoms with Gasteiger partial charge in [0.05, 0.1) is 32.4 Å². The largest absolute Gasteiger partial charge is 0.489 e. The number of aryl methyl sites for hydroxylation is 1. The summed E-state index contributed by atoms with van der Waals surface area (Å²) in [5.41, 5.74) is 5.34. The van der Waals surface area contributed by atoms with Gasteiger partial charge in [0.1, 0.15) is 23.8 Å². The van der Waals surface area contributed by atoms with E-state index in [1.54, 1.807) is 31.2 Å². The lowest BCUT2D eigenvalue weighted by molar-refractivity contribution is 0.0696. The van der Waals surface area contributed by atoms with Crippen LogP contribution in [0.5, 0.6) is 5.75 Å². The number of carboxylic acid groups (broad SMARTS) is 1. The Hall–Kier alpha value is -3.87. The van der Waals surface area contributed by atoms with Crippen molar-refractivity contribution in [1.82, 2.24) is 10.1 Å². The Labute approximate surface area is 229 Å². The van der Waals surface area contributed by atoms with Gasteiger partial charge in [-0.1, -0.05) is 66.5 Å². The summed E-state index contributed by atoms with van der Waals surface area (Å²) in [4.78, 5) is 15.9. The van der Waals surface area contributed by atoms with Crippen molar-refractivity contribution in [3.8, 4) is 28.1 Å². The molecule has 2 aromatic heterocycles. The molecule has 0 aliphatic rings. The molecule has 192 valence electrons. The summed E-state index contributed by atoms with van der Waals surface area (Å²) in [5, 5.41) is 15.5. The summed E-state index contributed by atoms with van der Waals surface area (Å²) < 4.78 is 11.8. The highest BCUT2D eigenvalue weighted by Crippen LogP contribution is 2.39. The zero-order valence-electron chi connectivity index (χ0n) is 21.0. The molecule has 3 aromatic carbocycles. The number of ether oxygens (including phenoxy) is 1. The number of rotatable bonds is 7. The second-order valence-corrected chi connectivity index (χ2v) is 10.1. The van der Waals surface area contributed by atoms with E-state index >= 15 is 0 Å². The maximum Gasteiger partial charge on any atom is 0.337 e. The van der Waals surface area contributed by atoms with Gasteiger partial charge in [-0.05, 0) is 60.5 Å². The lowest BCUT2D eigenvalue weighted by atomic mass is 10.0. The van der Waals surface area contributed by atoms with Gasteiger partial charge in [-0.3, -0.25) is 4.98 Å². The maximum atomic E-state index is 11.5. The zero-order chi connectivity index (χ0) is 27.0. The molecular formula is C30H24Cl2N2O4. The number of aromatic nitrogens is 2. The summed E-state index contributed by atoms with van der Waals surface area (Å²) in [6.07, 6.45) is 0. The Morgan fingerprint density at radius 1 is 1.00 bits per heavy atom. The van der Waals surface area contributed by atoms with E-state index in [9.17, 15) is 9.90 Å². The minimum absolute atomic E-state index is 0.0892. The number of aromatic carboxylic acids is 1. The molecular weight excluding hydrogens is 523 g/mol. The number of hydrogen-bond acceptors (Lipinski definition) is 5. The van der Waals surface area contributed by atoms with Crippen LogP contribution in [-0.4, -0.2) is 21.2 Å². The van der Waals surface area contributed by atoms with E-state index in [4.69, 9.17) is 32.5 Å². The molecule has 0 radical (unpaired) electrons. The summed E-state index contributed by atoms with van der Waals surface area (Å²) >= 11 is 12.9. The van der Waals surface area contributed by atoms with E-state index in [-0.39, 0.29) is 18.1 Å². The Morgan fingerprint density at radius 2 is 1.68 bits per heavy atom. The van der Waals surface area contributed by atoms with E-state index in [2.05, 4.69) is 10.1 Å². The third kappa shape index (κ3) is 4.97. The lowest BCUT2D eigenvalue weighted by Crippen LogP contribution is -2.02. The Balaban J connectivity index is 1.40. The first-order valence-corrected chi connectivity index (χ1v) is 12.8. The number of benzene rings is 3. The van der Waals surface area contributed by atoms with Crippen LogP contribution in [0.25, 0.3) is 33.3 Å². The van der Waals surface area contributed by atoms with E-state index in [0.29, 0.717) is 38.5 Å². The average molecular weight is 547 g/mol. The quantitative estimate of drug-likeness (QED) is 0.220. The van der Waals surface area contributed by atoms with E-state index in [1.165, 1.54) is 0 Å². The third-order valence-corrected chi connectivity index (χ3v) is 6.98. The van der Waals surface area contributed by atoms with E-state index < -0.39 is 5.97 Å². The fourth-order valence-corrected chi connectivity index (χ4v) is 4.98. The molecule has 6 nitrogen and oxygen atoms in total. The molecule has 0 bridgehead atoms. The Bertz CT molecular complexity index is 1640. The summed E-state index contributed by atoms with van der Waals surface area (Å²) in [6.45, 7) is 5.98. The third-order valence-electron chi connectivity index (χ3n) is 6.35. The van der Waals surface area contributed by atoms with Crippen molar-refractivity contribution < 1.29 is 19.2 Å². The molecule has 0 aliphatic carbocycles. The first-order valence-electron chi connectivity index (χ1n) is 12.0. The molecule has 0 unspecified atom stereocenters. The first kappa shape index (κ1) is 25.8. The topological polar surface area (TPSA) is 85.5 Å². The fourth-order valence-electron chi connectivity index (χ4n) is 4.40. The van der Waals surface area contributed by atoms with Crippen LogP contribution in [0.3, 0.4) is 0 Å². The van der Waals surface area contributed by atoms with Gasteiger partial charge in [0.25, 0.3) is 0 Å². The number of carboxylic acids is 1. The summed E-state index contributed by atoms with van der Waals surface area (Å²) in [6, 6.07) is 20.5. The van der Waals surface area contributed by atoms with Crippen LogP contribution in [0.15, 0.2) is 71.3 Å². The molecule has 0 aliphatic heterocycles. The highest BCUT2D eigenvalue weighted by atomic mass is 35.5. The van der Waals surface area contributed by atoms with Crippen molar-refractivity contribution in [2.45, 2.75) is 33.3 Å². The minimum Gasteiger partial charge on any atom is -0.489 e. The molecule has 2 heterocycles. The molecule has 8 heteroatoms. The Kier molecular flexibility index (Phi) is 7.11. The highest BCUT2D eigenvalue weighted by Gasteiger charge is 2.24. The predicted molar refractivity (Wildman–Crippen MR) is 149 cm³/mol. The zero-order valence-corrected chi connectivity index (χ0v) is 22.5. The van der Waals surface area contributed by atoms with Crippen LogP contribution in [0, 0.1) is 6.92 Å². The van der Waals surface area contributed by atoms with Crippen molar-refractivity contribution in [2.24, 2.45) is 0 Å². The number of fused-ring (bicyclic) bond motifs is 1. The van der Waals surface area contributed by atoms with Crippen molar-refractivity contribution in [2.75, 3.05) is 0 Å². The fraction of sp³-hybridized carbons (Fsp3) is 0.167. The van der Waals surface area contributed by atoms with Crippen molar-refractivity contribution in [1.29, 1.82) is 0 Å². The highest BCUT2D eigenvalue weighted by molar-refractivity contribution is 6.39. The molecule has 0 fully saturated rings. The molecule has 5 aromatic rings. The molecule has 0 saturated carbocycles. The van der Waals surface area contributed by atoms with Gasteiger partial charge in [-0.2, -0.15) is 0 Å². The van der Waals surface area contributed by atoms with Gasteiger partial charge in [0.2, 0.25) is 0 Å². The van der Waals surface area contributed by atoms with Crippen LogP contribution >= 0.6 is 23.2 Å². The minimum atomic E-state index is -0.989. The lowest BCUT2D eigenvalue weighted by Gasteiger charge is -2.11. The van der Waals surface area contributed by atoms with Gasteiger partial charge < -0.3 is 14.4 Å². The molecule has 38 heavy (non-hydrogen) atoms. The number of carbonyl (C=O) groups is 1. The molecule has 0 saturated heterocycles. The van der Waals surface area contributed by atoms with Crippen LogP contribution in [0.4, 0.5) is 0 Å². The maximum absolute atomic E-state index is 11.5. The van der Waals surface area contributed by atoms with Gasteiger partial charge in [0, 0.05) is 16.9 Å².